The van der Waals surface area contributed by atoms with E-state index in [-0.39, 0.29) is 23.0 Å². The van der Waals surface area contributed by atoms with E-state index in [1.54, 1.807) is 0 Å². The van der Waals surface area contributed by atoms with E-state index in [0.29, 0.717) is 29.9 Å². The van der Waals surface area contributed by atoms with Crippen molar-refractivity contribution >= 4 is 11.6 Å². The first-order valence-corrected chi connectivity index (χ1v) is 10.4. The summed E-state index contributed by atoms with van der Waals surface area (Å²) in [6.45, 7) is 3.52. The van der Waals surface area contributed by atoms with Crippen LogP contribution >= 0.6 is 0 Å². The fourth-order valence-corrected chi connectivity index (χ4v) is 5.01. The summed E-state index contributed by atoms with van der Waals surface area (Å²) in [7, 11) is 0. The highest BCUT2D eigenvalue weighted by Crippen LogP contribution is 2.32. The SMILES string of the molecule is NC1=C(NCN2CC3CC2CN3Cc2ccccc2)C(=O)C2=CCCC=C2C1=O. The second-order valence-corrected chi connectivity index (χ2v) is 8.32. The largest absolute Gasteiger partial charge is 0.394 e. The van der Waals surface area contributed by atoms with Gasteiger partial charge in [0.25, 0.3) is 0 Å². The lowest BCUT2D eigenvalue weighted by Gasteiger charge is -2.35. The third kappa shape index (κ3) is 3.22. The van der Waals surface area contributed by atoms with Crippen LogP contribution in [0.4, 0.5) is 0 Å². The fourth-order valence-electron chi connectivity index (χ4n) is 5.01. The Labute approximate surface area is 170 Å². The lowest BCUT2D eigenvalue weighted by Crippen LogP contribution is -2.49. The molecule has 1 aromatic rings. The average Bonchev–Trinajstić information content (AvgIpc) is 3.33. The Kier molecular flexibility index (Phi) is 4.60. The highest BCUT2D eigenvalue weighted by atomic mass is 16.1. The monoisotopic (exact) mass is 390 g/mol. The van der Waals surface area contributed by atoms with E-state index in [1.807, 2.05) is 18.2 Å². The maximum atomic E-state index is 12.8. The molecule has 2 fully saturated rings. The second-order valence-electron chi connectivity index (χ2n) is 8.32. The van der Waals surface area contributed by atoms with Crippen LogP contribution in [0.15, 0.2) is 65.0 Å². The van der Waals surface area contributed by atoms with Crippen molar-refractivity contribution in [2.45, 2.75) is 37.9 Å². The number of nitrogens with two attached hydrogens (primary N) is 1. The molecule has 0 radical (unpaired) electrons. The summed E-state index contributed by atoms with van der Waals surface area (Å²) in [5.74, 6) is -0.377. The number of rotatable bonds is 5. The van der Waals surface area contributed by atoms with Crippen molar-refractivity contribution in [3.63, 3.8) is 0 Å². The molecule has 1 aromatic carbocycles. The van der Waals surface area contributed by atoms with Gasteiger partial charge in [-0.05, 0) is 24.8 Å². The molecule has 2 atom stereocenters. The zero-order chi connectivity index (χ0) is 20.0. The minimum atomic E-state index is -0.227. The van der Waals surface area contributed by atoms with Crippen molar-refractivity contribution in [3.8, 4) is 0 Å². The summed E-state index contributed by atoms with van der Waals surface area (Å²) in [5.41, 5.74) is 8.69. The van der Waals surface area contributed by atoms with E-state index in [2.05, 4.69) is 39.4 Å². The number of benzene rings is 1. The van der Waals surface area contributed by atoms with Crippen molar-refractivity contribution in [2.75, 3.05) is 19.8 Å². The van der Waals surface area contributed by atoms with Crippen LogP contribution in [0.2, 0.25) is 0 Å². The van der Waals surface area contributed by atoms with E-state index < -0.39 is 0 Å². The maximum Gasteiger partial charge on any atom is 0.211 e. The molecule has 2 saturated heterocycles. The molecule has 4 aliphatic rings. The summed E-state index contributed by atoms with van der Waals surface area (Å²) in [6.07, 6.45) is 6.42. The van der Waals surface area contributed by atoms with Gasteiger partial charge in [0.15, 0.2) is 0 Å². The van der Waals surface area contributed by atoms with E-state index in [1.165, 1.54) is 5.56 Å². The van der Waals surface area contributed by atoms with Gasteiger partial charge >= 0.3 is 0 Å². The number of piperazine rings is 1. The standard InChI is InChI=1S/C23H26N4O2/c24-20-21(23(29)19-9-5-4-8-18(19)22(20)28)25-14-27-13-16-10-17(27)12-26(16)11-15-6-2-1-3-7-15/h1-3,6-9,16-17,25H,4-5,10-14,24H2. The van der Waals surface area contributed by atoms with Crippen LogP contribution in [0.5, 0.6) is 0 Å². The van der Waals surface area contributed by atoms with Gasteiger partial charge in [-0.1, -0.05) is 42.5 Å². The first-order chi connectivity index (χ1) is 14.1. The van der Waals surface area contributed by atoms with Crippen LogP contribution in [0.3, 0.4) is 0 Å². The van der Waals surface area contributed by atoms with E-state index >= 15 is 0 Å². The molecule has 3 N–H and O–H groups in total. The van der Waals surface area contributed by atoms with Gasteiger partial charge in [-0.3, -0.25) is 19.4 Å². The van der Waals surface area contributed by atoms with Crippen molar-refractivity contribution < 1.29 is 9.59 Å². The molecule has 2 aliphatic heterocycles. The number of Topliss-reactive ketones (excluding diaryl/α,β-unsaturated/α-hetero) is 2. The van der Waals surface area contributed by atoms with Crippen molar-refractivity contribution in [2.24, 2.45) is 5.73 Å². The molecule has 6 heteroatoms. The third-order valence-corrected chi connectivity index (χ3v) is 6.54. The Morgan fingerprint density at radius 1 is 0.931 bits per heavy atom. The van der Waals surface area contributed by atoms with E-state index in [0.717, 1.165) is 38.9 Å². The van der Waals surface area contributed by atoms with E-state index in [9.17, 15) is 9.59 Å². The molecule has 6 nitrogen and oxygen atoms in total. The van der Waals surface area contributed by atoms with Gasteiger partial charge in [-0.25, -0.2) is 0 Å². The lowest BCUT2D eigenvalue weighted by atomic mass is 9.84. The third-order valence-electron chi connectivity index (χ3n) is 6.54. The molecular weight excluding hydrogens is 364 g/mol. The number of allylic oxidation sites excluding steroid dienone is 4. The molecule has 0 amide bonds. The molecule has 2 heterocycles. The van der Waals surface area contributed by atoms with Gasteiger partial charge in [-0.15, -0.1) is 0 Å². The smallest absolute Gasteiger partial charge is 0.211 e. The van der Waals surface area contributed by atoms with Crippen LogP contribution in [-0.2, 0) is 16.1 Å². The zero-order valence-corrected chi connectivity index (χ0v) is 16.4. The Morgan fingerprint density at radius 3 is 2.28 bits per heavy atom. The molecule has 0 saturated carbocycles. The molecule has 5 rings (SSSR count). The number of nitrogens with zero attached hydrogens (tertiary/aromatic N) is 2. The number of nitrogens with one attached hydrogen (secondary N) is 1. The predicted octanol–water partition coefficient (Wildman–Crippen LogP) is 1.46. The number of carbonyl (C=O) groups is 2. The Bertz CT molecular complexity index is 947. The quantitative estimate of drug-likeness (QED) is 0.793. The van der Waals surface area contributed by atoms with Crippen molar-refractivity contribution in [1.29, 1.82) is 0 Å². The summed E-state index contributed by atoms with van der Waals surface area (Å²) in [4.78, 5) is 30.3. The van der Waals surface area contributed by atoms with Crippen LogP contribution in [-0.4, -0.2) is 53.2 Å². The topological polar surface area (TPSA) is 78.7 Å². The number of hydrogen-bond acceptors (Lipinski definition) is 6. The Balaban J connectivity index is 1.23. The number of likely N-dealkylation sites (tertiary alicyclic amines) is 2. The Morgan fingerprint density at radius 2 is 1.59 bits per heavy atom. The molecule has 2 bridgehead atoms. The molecule has 29 heavy (non-hydrogen) atoms. The Hall–Kier alpha value is -2.70. The molecule has 150 valence electrons. The van der Waals surface area contributed by atoms with Crippen LogP contribution in [0.1, 0.15) is 24.8 Å². The summed E-state index contributed by atoms with van der Waals surface area (Å²) >= 11 is 0. The molecule has 2 aliphatic carbocycles. The van der Waals surface area contributed by atoms with Crippen LogP contribution in [0, 0.1) is 0 Å². The number of fused-ring (bicyclic) bond motifs is 3. The first-order valence-electron chi connectivity index (χ1n) is 10.4. The minimum absolute atomic E-state index is 0.0513. The number of ketones is 2. The molecule has 2 unspecified atom stereocenters. The van der Waals surface area contributed by atoms with E-state index in [4.69, 9.17) is 5.73 Å². The van der Waals surface area contributed by atoms with Gasteiger partial charge < -0.3 is 11.1 Å². The maximum absolute atomic E-state index is 12.8. The molecule has 0 aromatic heterocycles. The summed E-state index contributed by atoms with van der Waals surface area (Å²) in [6, 6.07) is 11.6. The van der Waals surface area contributed by atoms with Gasteiger partial charge in [0.05, 0.1) is 6.67 Å². The number of hydrogen-bond donors (Lipinski definition) is 2. The predicted molar refractivity (Wildman–Crippen MR) is 110 cm³/mol. The molecular formula is C23H26N4O2. The summed E-state index contributed by atoms with van der Waals surface area (Å²) < 4.78 is 0. The van der Waals surface area contributed by atoms with Gasteiger partial charge in [-0.2, -0.15) is 0 Å². The van der Waals surface area contributed by atoms with Gasteiger partial charge in [0.2, 0.25) is 11.6 Å². The molecule has 0 spiro atoms. The normalized spacial score (nSPS) is 27.2. The van der Waals surface area contributed by atoms with Gasteiger partial charge in [0.1, 0.15) is 11.4 Å². The van der Waals surface area contributed by atoms with Crippen LogP contribution in [0.25, 0.3) is 0 Å². The van der Waals surface area contributed by atoms with Gasteiger partial charge in [0, 0.05) is 42.9 Å². The van der Waals surface area contributed by atoms with Crippen LogP contribution < -0.4 is 11.1 Å². The first kappa shape index (κ1) is 18.3. The highest BCUT2D eigenvalue weighted by molar-refractivity contribution is 6.29. The lowest BCUT2D eigenvalue weighted by molar-refractivity contribution is -0.117. The fraction of sp³-hybridized carbons (Fsp3) is 0.391. The average molecular weight is 390 g/mol. The highest BCUT2D eigenvalue weighted by Gasteiger charge is 2.43. The summed E-state index contributed by atoms with van der Waals surface area (Å²) in [5, 5.41) is 3.20. The zero-order valence-electron chi connectivity index (χ0n) is 16.4. The van der Waals surface area contributed by atoms with Crippen molar-refractivity contribution in [3.05, 3.63) is 70.6 Å². The second kappa shape index (κ2) is 7.28. The van der Waals surface area contributed by atoms with Crippen molar-refractivity contribution in [1.82, 2.24) is 15.1 Å². The minimum Gasteiger partial charge on any atom is -0.394 e. The number of carbonyl (C=O) groups excluding carboxylic acids is 2.